The largest absolute Gasteiger partial charge is 0.495 e. The van der Waals surface area contributed by atoms with E-state index in [-0.39, 0.29) is 18.4 Å². The summed E-state index contributed by atoms with van der Waals surface area (Å²) >= 11 is 0. The Morgan fingerprint density at radius 1 is 1.09 bits per heavy atom. The molecule has 5 heteroatoms. The number of nitriles is 1. The van der Waals surface area contributed by atoms with E-state index in [4.69, 9.17) is 10.00 Å². The molecule has 1 heterocycles. The zero-order valence-corrected chi connectivity index (χ0v) is 11.9. The van der Waals surface area contributed by atoms with E-state index >= 15 is 0 Å². The average molecular weight is 292 g/mol. The van der Waals surface area contributed by atoms with Crippen molar-refractivity contribution in [1.29, 1.82) is 5.26 Å². The molecule has 108 valence electrons. The molecular weight excluding hydrogens is 280 g/mol. The van der Waals surface area contributed by atoms with Crippen LogP contribution in [0.1, 0.15) is 31.8 Å². The Bertz CT molecular complexity index is 786. The van der Waals surface area contributed by atoms with Crippen LogP contribution in [0.4, 0.5) is 0 Å². The number of carbonyl (C=O) groups excluding carboxylic acids is 2. The van der Waals surface area contributed by atoms with Crippen molar-refractivity contribution in [2.24, 2.45) is 0 Å². The van der Waals surface area contributed by atoms with Gasteiger partial charge in [-0.1, -0.05) is 18.2 Å². The fraction of sp³-hybridized carbons (Fsp3) is 0.118. The van der Waals surface area contributed by atoms with Crippen LogP contribution in [0, 0.1) is 11.3 Å². The lowest BCUT2D eigenvalue weighted by Gasteiger charge is -2.14. The molecule has 0 atom stereocenters. The van der Waals surface area contributed by atoms with Crippen LogP contribution in [0.3, 0.4) is 0 Å². The van der Waals surface area contributed by atoms with E-state index in [1.807, 2.05) is 6.07 Å². The van der Waals surface area contributed by atoms with Gasteiger partial charge in [-0.05, 0) is 29.8 Å². The molecule has 1 aliphatic rings. The van der Waals surface area contributed by atoms with Crippen molar-refractivity contribution < 1.29 is 14.3 Å². The molecule has 0 saturated carbocycles. The van der Waals surface area contributed by atoms with Crippen molar-refractivity contribution in [2.45, 2.75) is 6.54 Å². The fourth-order valence-corrected chi connectivity index (χ4v) is 2.49. The Kier molecular flexibility index (Phi) is 3.36. The summed E-state index contributed by atoms with van der Waals surface area (Å²) in [6.07, 6.45) is 0. The highest BCUT2D eigenvalue weighted by Crippen LogP contribution is 2.26. The average Bonchev–Trinajstić information content (AvgIpc) is 2.80. The lowest BCUT2D eigenvalue weighted by Crippen LogP contribution is -2.29. The number of hydrogen-bond donors (Lipinski definition) is 0. The van der Waals surface area contributed by atoms with Crippen molar-refractivity contribution >= 4 is 11.8 Å². The minimum absolute atomic E-state index is 0.147. The van der Waals surface area contributed by atoms with Crippen molar-refractivity contribution in [3.05, 3.63) is 64.7 Å². The quantitative estimate of drug-likeness (QED) is 0.814. The second-order valence-electron chi connectivity index (χ2n) is 4.89. The molecule has 2 aromatic rings. The SMILES string of the molecule is COc1cc(CN2C(=O)c3ccccc3C2=O)ccc1C#N. The number of nitrogens with zero attached hydrogens (tertiary/aromatic N) is 2. The molecule has 0 saturated heterocycles. The molecule has 0 spiro atoms. The fourth-order valence-electron chi connectivity index (χ4n) is 2.49. The minimum Gasteiger partial charge on any atom is -0.495 e. The molecule has 2 aromatic carbocycles. The van der Waals surface area contributed by atoms with Crippen molar-refractivity contribution in [1.82, 2.24) is 4.90 Å². The number of hydrogen-bond acceptors (Lipinski definition) is 4. The van der Waals surface area contributed by atoms with E-state index < -0.39 is 0 Å². The van der Waals surface area contributed by atoms with Crippen molar-refractivity contribution in [3.63, 3.8) is 0 Å². The molecule has 0 aliphatic carbocycles. The highest BCUT2D eigenvalue weighted by atomic mass is 16.5. The second kappa shape index (κ2) is 5.34. The smallest absolute Gasteiger partial charge is 0.261 e. The van der Waals surface area contributed by atoms with Gasteiger partial charge in [-0.3, -0.25) is 14.5 Å². The zero-order valence-electron chi connectivity index (χ0n) is 11.9. The van der Waals surface area contributed by atoms with Gasteiger partial charge in [0.15, 0.2) is 0 Å². The number of amides is 2. The first-order chi connectivity index (χ1) is 10.7. The summed E-state index contributed by atoms with van der Waals surface area (Å²) in [7, 11) is 1.47. The number of imide groups is 1. The molecule has 2 amide bonds. The van der Waals surface area contributed by atoms with Crippen LogP contribution in [-0.2, 0) is 6.54 Å². The van der Waals surface area contributed by atoms with Gasteiger partial charge in [0.1, 0.15) is 11.8 Å². The number of fused-ring (bicyclic) bond motifs is 1. The summed E-state index contributed by atoms with van der Waals surface area (Å²) in [6, 6.07) is 13.8. The van der Waals surface area contributed by atoms with E-state index in [9.17, 15) is 9.59 Å². The van der Waals surface area contributed by atoms with Crippen LogP contribution in [0.15, 0.2) is 42.5 Å². The van der Waals surface area contributed by atoms with Crippen LogP contribution in [0.2, 0.25) is 0 Å². The third-order valence-corrected chi connectivity index (χ3v) is 3.61. The summed E-state index contributed by atoms with van der Waals surface area (Å²) < 4.78 is 5.15. The van der Waals surface area contributed by atoms with Gasteiger partial charge in [0, 0.05) is 0 Å². The molecule has 0 unspecified atom stereocenters. The van der Waals surface area contributed by atoms with Crippen LogP contribution >= 0.6 is 0 Å². The Morgan fingerprint density at radius 2 is 1.73 bits per heavy atom. The molecule has 0 bridgehead atoms. The van der Waals surface area contributed by atoms with E-state index in [2.05, 4.69) is 0 Å². The summed E-state index contributed by atoms with van der Waals surface area (Å²) in [4.78, 5) is 25.8. The number of ether oxygens (including phenoxy) is 1. The summed E-state index contributed by atoms with van der Waals surface area (Å²) in [6.45, 7) is 0.147. The Hall–Kier alpha value is -3.13. The second-order valence-corrected chi connectivity index (χ2v) is 4.89. The maximum atomic E-state index is 12.3. The lowest BCUT2D eigenvalue weighted by molar-refractivity contribution is 0.0642. The number of benzene rings is 2. The standard InChI is InChI=1S/C17H12N2O3/c1-22-15-8-11(6-7-12(15)9-18)10-19-16(20)13-4-2-3-5-14(13)17(19)21/h2-8H,10H2,1H3. The summed E-state index contributed by atoms with van der Waals surface area (Å²) in [5.41, 5.74) is 1.99. The molecule has 0 radical (unpaired) electrons. The van der Waals surface area contributed by atoms with Crippen LogP contribution in [-0.4, -0.2) is 23.8 Å². The molecule has 0 N–H and O–H groups in total. The van der Waals surface area contributed by atoms with Gasteiger partial charge >= 0.3 is 0 Å². The van der Waals surface area contributed by atoms with Crippen LogP contribution in [0.25, 0.3) is 0 Å². The van der Waals surface area contributed by atoms with Gasteiger partial charge in [-0.2, -0.15) is 5.26 Å². The lowest BCUT2D eigenvalue weighted by atomic mass is 10.1. The summed E-state index contributed by atoms with van der Waals surface area (Å²) in [5, 5.41) is 8.98. The van der Waals surface area contributed by atoms with Crippen molar-refractivity contribution in [2.75, 3.05) is 7.11 Å². The monoisotopic (exact) mass is 292 g/mol. The van der Waals surface area contributed by atoms with Crippen molar-refractivity contribution in [3.8, 4) is 11.8 Å². The Balaban J connectivity index is 1.91. The van der Waals surface area contributed by atoms with E-state index in [0.717, 1.165) is 5.56 Å². The molecule has 5 nitrogen and oxygen atoms in total. The highest BCUT2D eigenvalue weighted by Gasteiger charge is 2.34. The molecular formula is C17H12N2O3. The molecule has 0 aromatic heterocycles. The third-order valence-electron chi connectivity index (χ3n) is 3.61. The summed E-state index contributed by atoms with van der Waals surface area (Å²) in [5.74, 6) is -0.176. The van der Waals surface area contributed by atoms with Gasteiger partial charge in [-0.25, -0.2) is 0 Å². The first-order valence-electron chi connectivity index (χ1n) is 6.68. The Morgan fingerprint density at radius 3 is 2.27 bits per heavy atom. The van der Waals surface area contributed by atoms with Gasteiger partial charge in [-0.15, -0.1) is 0 Å². The van der Waals surface area contributed by atoms with Gasteiger partial charge in [0.05, 0.1) is 30.3 Å². The topological polar surface area (TPSA) is 70.4 Å². The predicted octanol–water partition coefficient (Wildman–Crippen LogP) is 2.36. The van der Waals surface area contributed by atoms with E-state index in [1.165, 1.54) is 12.0 Å². The normalized spacial score (nSPS) is 13.0. The molecule has 22 heavy (non-hydrogen) atoms. The number of carbonyl (C=O) groups is 2. The predicted molar refractivity (Wildman–Crippen MR) is 78.4 cm³/mol. The van der Waals surface area contributed by atoms with Crippen LogP contribution < -0.4 is 4.74 Å². The van der Waals surface area contributed by atoms with Crippen LogP contribution in [0.5, 0.6) is 5.75 Å². The van der Waals surface area contributed by atoms with E-state index in [1.54, 1.807) is 42.5 Å². The van der Waals surface area contributed by atoms with Gasteiger partial charge in [0.25, 0.3) is 11.8 Å². The number of methoxy groups -OCH3 is 1. The molecule has 1 aliphatic heterocycles. The number of rotatable bonds is 3. The first kappa shape index (κ1) is 13.8. The Labute approximate surface area is 127 Å². The minimum atomic E-state index is -0.302. The maximum Gasteiger partial charge on any atom is 0.261 e. The maximum absolute atomic E-state index is 12.3. The van der Waals surface area contributed by atoms with Gasteiger partial charge < -0.3 is 4.74 Å². The van der Waals surface area contributed by atoms with E-state index in [0.29, 0.717) is 22.4 Å². The highest BCUT2D eigenvalue weighted by molar-refractivity contribution is 6.21. The molecule has 3 rings (SSSR count). The van der Waals surface area contributed by atoms with Gasteiger partial charge in [0.2, 0.25) is 0 Å². The molecule has 0 fully saturated rings. The third kappa shape index (κ3) is 2.11. The first-order valence-corrected chi connectivity index (χ1v) is 6.68. The zero-order chi connectivity index (χ0) is 15.7.